The molecule has 0 aliphatic heterocycles. The highest BCUT2D eigenvalue weighted by atomic mass is 32.2. The number of ether oxygens (including phenoxy) is 1. The normalized spacial score (nSPS) is 14.9. The van der Waals surface area contributed by atoms with Crippen molar-refractivity contribution in [1.29, 1.82) is 0 Å². The second-order valence-corrected chi connectivity index (χ2v) is 12.6. The van der Waals surface area contributed by atoms with E-state index in [4.69, 9.17) is 9.26 Å². The van der Waals surface area contributed by atoms with Gasteiger partial charge in [0.1, 0.15) is 0 Å². The van der Waals surface area contributed by atoms with E-state index in [9.17, 15) is 13.2 Å². The van der Waals surface area contributed by atoms with E-state index in [1.165, 1.54) is 11.8 Å². The van der Waals surface area contributed by atoms with E-state index in [1.54, 1.807) is 0 Å². The molecule has 1 aromatic heterocycles. The average Bonchev–Trinajstić information content (AvgIpc) is 3.69. The van der Waals surface area contributed by atoms with E-state index in [1.807, 2.05) is 80.6 Å². The van der Waals surface area contributed by atoms with Crippen LogP contribution in [0.3, 0.4) is 0 Å². The van der Waals surface area contributed by atoms with Gasteiger partial charge in [0, 0.05) is 11.1 Å². The van der Waals surface area contributed by atoms with E-state index < -0.39 is 21.5 Å². The molecule has 41 heavy (non-hydrogen) atoms. The Bertz CT molecular complexity index is 1590. The van der Waals surface area contributed by atoms with Gasteiger partial charge in [0.15, 0.2) is 5.76 Å². The number of nitrogens with zero attached hydrogens (tertiary/aromatic N) is 1. The van der Waals surface area contributed by atoms with Crippen LogP contribution < -0.4 is 4.72 Å². The van der Waals surface area contributed by atoms with Gasteiger partial charge in [-0.1, -0.05) is 84.0 Å². The Kier molecular flexibility index (Phi) is 8.42. The molecule has 1 saturated carbocycles. The summed E-state index contributed by atoms with van der Waals surface area (Å²) in [6.45, 7) is 4.06. The molecule has 0 amide bonds. The number of aryl methyl sites for hydroxylation is 2. The first kappa shape index (κ1) is 28.8. The molecule has 4 aromatic rings. The summed E-state index contributed by atoms with van der Waals surface area (Å²) in [5.41, 5.74) is 6.02. The lowest BCUT2D eigenvalue weighted by atomic mass is 9.93. The second kappa shape index (κ2) is 12.0. The van der Waals surface area contributed by atoms with Gasteiger partial charge in [-0.25, -0.2) is 13.1 Å². The van der Waals surface area contributed by atoms with Crippen LogP contribution in [0.1, 0.15) is 61.0 Å². The van der Waals surface area contributed by atoms with Crippen molar-refractivity contribution in [2.45, 2.75) is 57.4 Å². The Hall–Kier alpha value is -3.75. The standard InChI is InChI=1S/C33H36N2O5S/c1-4-39-32(36)33(21-22-33)28-19-17-26(18-20-28)25-13-15-27(16-14-25)31-30(23(2)34-40-31)29(35-41(3,37)38)12-8-11-24-9-6-5-7-10-24/h5-7,9-10,13-20,29,35H,4,8,11-12,21-22H2,1-3H3. The fourth-order valence-electron chi connectivity index (χ4n) is 5.47. The molecule has 5 rings (SSSR count). The SMILES string of the molecule is CCOC(=O)C1(c2ccc(-c3ccc(-c4onc(C)c4C(CCCc4ccccc4)NS(C)(=O)=O)cc3)cc2)CC1. The van der Waals surface area contributed by atoms with Gasteiger partial charge in [0.2, 0.25) is 10.0 Å². The molecule has 1 aliphatic carbocycles. The lowest BCUT2D eigenvalue weighted by molar-refractivity contribution is -0.146. The van der Waals surface area contributed by atoms with Crippen molar-refractivity contribution in [2.75, 3.05) is 12.9 Å². The zero-order valence-electron chi connectivity index (χ0n) is 23.7. The Balaban J connectivity index is 1.35. The maximum Gasteiger partial charge on any atom is 0.316 e. The molecule has 0 spiro atoms. The second-order valence-electron chi connectivity index (χ2n) is 10.8. The molecule has 1 fully saturated rings. The monoisotopic (exact) mass is 572 g/mol. The number of sulfonamides is 1. The van der Waals surface area contributed by atoms with E-state index in [0.29, 0.717) is 24.5 Å². The summed E-state index contributed by atoms with van der Waals surface area (Å²) >= 11 is 0. The number of hydrogen-bond donors (Lipinski definition) is 1. The topological polar surface area (TPSA) is 98.5 Å². The largest absolute Gasteiger partial charge is 0.465 e. The zero-order valence-corrected chi connectivity index (χ0v) is 24.5. The molecule has 1 heterocycles. The molecular formula is C33H36N2O5S. The van der Waals surface area contributed by atoms with Crippen molar-refractivity contribution in [1.82, 2.24) is 9.88 Å². The smallest absolute Gasteiger partial charge is 0.316 e. The van der Waals surface area contributed by atoms with Gasteiger partial charge in [-0.3, -0.25) is 4.79 Å². The fraction of sp³-hybridized carbons (Fsp3) is 0.333. The lowest BCUT2D eigenvalue weighted by Crippen LogP contribution is -2.28. The van der Waals surface area contributed by atoms with Crippen LogP contribution in [0.2, 0.25) is 0 Å². The van der Waals surface area contributed by atoms with Gasteiger partial charge in [-0.15, -0.1) is 0 Å². The number of carbonyl (C=O) groups excluding carboxylic acids is 1. The third-order valence-electron chi connectivity index (χ3n) is 7.75. The molecule has 8 heteroatoms. The predicted octanol–water partition coefficient (Wildman–Crippen LogP) is 6.52. The van der Waals surface area contributed by atoms with Crippen LogP contribution in [0, 0.1) is 6.92 Å². The third kappa shape index (κ3) is 6.60. The lowest BCUT2D eigenvalue weighted by Gasteiger charge is -2.18. The zero-order chi connectivity index (χ0) is 29.0. The molecular weight excluding hydrogens is 536 g/mol. The minimum absolute atomic E-state index is 0.140. The summed E-state index contributed by atoms with van der Waals surface area (Å²) in [7, 11) is -3.47. The highest BCUT2D eigenvalue weighted by molar-refractivity contribution is 7.88. The Morgan fingerprint density at radius 2 is 1.59 bits per heavy atom. The van der Waals surface area contributed by atoms with Gasteiger partial charge in [-0.05, 0) is 68.2 Å². The van der Waals surface area contributed by atoms with Crippen molar-refractivity contribution < 1.29 is 22.5 Å². The summed E-state index contributed by atoms with van der Waals surface area (Å²) in [5.74, 6) is 0.425. The van der Waals surface area contributed by atoms with Crippen molar-refractivity contribution in [3.05, 3.63) is 101 Å². The molecule has 0 bridgehead atoms. The molecule has 1 unspecified atom stereocenters. The maximum atomic E-state index is 12.5. The summed E-state index contributed by atoms with van der Waals surface area (Å²) in [4.78, 5) is 12.5. The summed E-state index contributed by atoms with van der Waals surface area (Å²) < 4.78 is 38.5. The number of aromatic nitrogens is 1. The number of rotatable bonds is 12. The van der Waals surface area contributed by atoms with Crippen LogP contribution in [-0.2, 0) is 31.4 Å². The summed E-state index contributed by atoms with van der Waals surface area (Å²) in [6.07, 6.45) is 5.07. The minimum Gasteiger partial charge on any atom is -0.465 e. The molecule has 3 aromatic carbocycles. The van der Waals surface area contributed by atoms with Crippen LogP contribution >= 0.6 is 0 Å². The predicted molar refractivity (Wildman–Crippen MR) is 160 cm³/mol. The van der Waals surface area contributed by atoms with E-state index in [2.05, 4.69) is 22.0 Å². The molecule has 1 atom stereocenters. The van der Waals surface area contributed by atoms with Crippen LogP contribution in [0.5, 0.6) is 0 Å². The fourth-order valence-corrected chi connectivity index (χ4v) is 6.22. The van der Waals surface area contributed by atoms with Gasteiger partial charge < -0.3 is 9.26 Å². The van der Waals surface area contributed by atoms with Crippen LogP contribution in [0.25, 0.3) is 22.5 Å². The molecule has 1 N–H and O–H groups in total. The van der Waals surface area contributed by atoms with Crippen LogP contribution in [0.4, 0.5) is 0 Å². The van der Waals surface area contributed by atoms with E-state index in [-0.39, 0.29) is 5.97 Å². The summed E-state index contributed by atoms with van der Waals surface area (Å²) in [5, 5.41) is 4.21. The van der Waals surface area contributed by atoms with Gasteiger partial charge >= 0.3 is 5.97 Å². The molecule has 214 valence electrons. The first-order valence-corrected chi connectivity index (χ1v) is 16.0. The molecule has 0 radical (unpaired) electrons. The number of nitrogens with one attached hydrogen (secondary N) is 1. The maximum absolute atomic E-state index is 12.5. The first-order chi connectivity index (χ1) is 19.7. The number of hydrogen-bond acceptors (Lipinski definition) is 6. The average molecular weight is 573 g/mol. The van der Waals surface area contributed by atoms with Crippen molar-refractivity contribution >= 4 is 16.0 Å². The Labute approximate surface area is 242 Å². The van der Waals surface area contributed by atoms with Crippen LogP contribution in [0.15, 0.2) is 83.4 Å². The Morgan fingerprint density at radius 3 is 2.17 bits per heavy atom. The van der Waals surface area contributed by atoms with E-state index in [0.717, 1.165) is 53.5 Å². The number of carbonyl (C=O) groups is 1. The van der Waals surface area contributed by atoms with Gasteiger partial charge in [0.05, 0.1) is 30.0 Å². The highest BCUT2D eigenvalue weighted by Crippen LogP contribution is 2.49. The van der Waals surface area contributed by atoms with Crippen LogP contribution in [-0.4, -0.2) is 32.4 Å². The van der Waals surface area contributed by atoms with Gasteiger partial charge in [-0.2, -0.15) is 0 Å². The van der Waals surface area contributed by atoms with Crippen molar-refractivity contribution in [2.24, 2.45) is 0 Å². The number of benzene rings is 3. The Morgan fingerprint density at radius 1 is 0.976 bits per heavy atom. The third-order valence-corrected chi connectivity index (χ3v) is 8.46. The van der Waals surface area contributed by atoms with Crippen molar-refractivity contribution in [3.8, 4) is 22.5 Å². The van der Waals surface area contributed by atoms with Gasteiger partial charge in [0.25, 0.3) is 0 Å². The molecule has 1 aliphatic rings. The summed E-state index contributed by atoms with van der Waals surface area (Å²) in [6, 6.07) is 25.8. The molecule has 7 nitrogen and oxygen atoms in total. The molecule has 0 saturated heterocycles. The van der Waals surface area contributed by atoms with Crippen molar-refractivity contribution in [3.63, 3.8) is 0 Å². The highest BCUT2D eigenvalue weighted by Gasteiger charge is 2.52. The minimum atomic E-state index is -3.47. The quantitative estimate of drug-likeness (QED) is 0.194. The van der Waals surface area contributed by atoms with E-state index >= 15 is 0 Å². The number of esters is 1. The first-order valence-electron chi connectivity index (χ1n) is 14.1.